The van der Waals surface area contributed by atoms with Crippen LogP contribution in [0.5, 0.6) is 0 Å². The molecule has 0 aromatic heterocycles. The number of morpholine rings is 1. The number of rotatable bonds is 1. The highest BCUT2D eigenvalue weighted by Gasteiger charge is 2.45. The monoisotopic (exact) mass is 253 g/mol. The SMILES string of the molecule is Cc1cc(F)cc(C2(O)OCC(C)(C)NC2C)c1. The molecule has 0 spiro atoms. The number of aliphatic hydroxyl groups is 1. The van der Waals surface area contributed by atoms with E-state index >= 15 is 0 Å². The molecule has 2 rings (SSSR count). The Kier molecular flexibility index (Phi) is 3.21. The van der Waals surface area contributed by atoms with Crippen molar-refractivity contribution in [2.24, 2.45) is 0 Å². The first-order valence-corrected chi connectivity index (χ1v) is 6.15. The van der Waals surface area contributed by atoms with Crippen molar-refractivity contribution in [2.45, 2.75) is 45.1 Å². The lowest BCUT2D eigenvalue weighted by molar-refractivity contribution is -0.263. The Morgan fingerprint density at radius 3 is 2.61 bits per heavy atom. The molecular weight excluding hydrogens is 233 g/mol. The molecule has 1 fully saturated rings. The van der Waals surface area contributed by atoms with Gasteiger partial charge in [-0.05, 0) is 45.4 Å². The van der Waals surface area contributed by atoms with Crippen molar-refractivity contribution in [2.75, 3.05) is 6.61 Å². The van der Waals surface area contributed by atoms with Crippen molar-refractivity contribution in [3.63, 3.8) is 0 Å². The Bertz CT molecular complexity index is 441. The number of benzene rings is 1. The number of ether oxygens (including phenoxy) is 1. The summed E-state index contributed by atoms with van der Waals surface area (Å²) in [6.45, 7) is 7.99. The Morgan fingerprint density at radius 1 is 1.39 bits per heavy atom. The minimum Gasteiger partial charge on any atom is -0.361 e. The van der Waals surface area contributed by atoms with Crippen LogP contribution in [0.2, 0.25) is 0 Å². The summed E-state index contributed by atoms with van der Waals surface area (Å²) < 4.78 is 19.1. The molecule has 0 bridgehead atoms. The largest absolute Gasteiger partial charge is 0.361 e. The van der Waals surface area contributed by atoms with Crippen molar-refractivity contribution in [3.8, 4) is 0 Å². The van der Waals surface area contributed by atoms with E-state index in [9.17, 15) is 9.50 Å². The van der Waals surface area contributed by atoms with Crippen LogP contribution in [-0.2, 0) is 10.5 Å². The maximum Gasteiger partial charge on any atom is 0.208 e. The van der Waals surface area contributed by atoms with E-state index in [0.717, 1.165) is 5.56 Å². The second-order valence-corrected chi connectivity index (χ2v) is 5.75. The molecule has 1 saturated heterocycles. The zero-order valence-electron chi connectivity index (χ0n) is 11.2. The molecule has 2 atom stereocenters. The maximum absolute atomic E-state index is 13.4. The lowest BCUT2D eigenvalue weighted by atomic mass is 9.92. The van der Waals surface area contributed by atoms with Gasteiger partial charge in [0.05, 0.1) is 12.6 Å². The van der Waals surface area contributed by atoms with Crippen LogP contribution in [0, 0.1) is 12.7 Å². The summed E-state index contributed by atoms with van der Waals surface area (Å²) in [6.07, 6.45) is 0. The van der Waals surface area contributed by atoms with Crippen LogP contribution < -0.4 is 5.32 Å². The standard InChI is InChI=1S/C14H20FNO2/c1-9-5-11(7-12(15)6-9)14(17)10(2)16-13(3,4)8-18-14/h5-7,10,16-17H,8H2,1-4H3. The van der Waals surface area contributed by atoms with Gasteiger partial charge in [-0.25, -0.2) is 4.39 Å². The van der Waals surface area contributed by atoms with Crippen LogP contribution in [0.4, 0.5) is 4.39 Å². The van der Waals surface area contributed by atoms with Crippen molar-refractivity contribution >= 4 is 0 Å². The summed E-state index contributed by atoms with van der Waals surface area (Å²) in [7, 11) is 0. The number of hydrogen-bond donors (Lipinski definition) is 2. The second-order valence-electron chi connectivity index (χ2n) is 5.75. The second kappa shape index (κ2) is 4.30. The van der Waals surface area contributed by atoms with Gasteiger partial charge in [-0.2, -0.15) is 0 Å². The van der Waals surface area contributed by atoms with Crippen molar-refractivity contribution in [1.82, 2.24) is 5.32 Å². The lowest BCUT2D eigenvalue weighted by Crippen LogP contribution is -2.63. The van der Waals surface area contributed by atoms with Gasteiger partial charge in [-0.3, -0.25) is 0 Å². The van der Waals surface area contributed by atoms with E-state index in [1.807, 2.05) is 20.8 Å². The first-order chi connectivity index (χ1) is 8.23. The van der Waals surface area contributed by atoms with Gasteiger partial charge in [0.15, 0.2) is 0 Å². The fraction of sp³-hybridized carbons (Fsp3) is 0.571. The first kappa shape index (κ1) is 13.5. The van der Waals surface area contributed by atoms with Gasteiger partial charge in [0.1, 0.15) is 5.82 Å². The van der Waals surface area contributed by atoms with E-state index in [0.29, 0.717) is 12.2 Å². The van der Waals surface area contributed by atoms with Crippen LogP contribution in [-0.4, -0.2) is 23.3 Å². The molecule has 4 heteroatoms. The minimum atomic E-state index is -1.48. The molecule has 2 N–H and O–H groups in total. The maximum atomic E-state index is 13.4. The topological polar surface area (TPSA) is 41.5 Å². The van der Waals surface area contributed by atoms with Gasteiger partial charge in [0.2, 0.25) is 5.79 Å². The molecule has 1 aliphatic rings. The molecule has 1 heterocycles. The summed E-state index contributed by atoms with van der Waals surface area (Å²) in [4.78, 5) is 0. The molecule has 1 aromatic carbocycles. The summed E-state index contributed by atoms with van der Waals surface area (Å²) in [5.41, 5.74) is 1.02. The van der Waals surface area contributed by atoms with Crippen molar-refractivity contribution < 1.29 is 14.2 Å². The van der Waals surface area contributed by atoms with E-state index in [1.165, 1.54) is 12.1 Å². The molecule has 3 nitrogen and oxygen atoms in total. The third-order valence-corrected chi connectivity index (χ3v) is 3.30. The van der Waals surface area contributed by atoms with Gasteiger partial charge in [0, 0.05) is 11.1 Å². The van der Waals surface area contributed by atoms with Gasteiger partial charge in [-0.1, -0.05) is 6.07 Å². The average molecular weight is 253 g/mol. The number of halogens is 1. The van der Waals surface area contributed by atoms with Gasteiger partial charge in [0.25, 0.3) is 0 Å². The molecule has 1 aliphatic heterocycles. The van der Waals surface area contributed by atoms with E-state index < -0.39 is 5.79 Å². The molecule has 18 heavy (non-hydrogen) atoms. The molecular formula is C14H20FNO2. The summed E-state index contributed by atoms with van der Waals surface area (Å²) in [5, 5.41) is 13.9. The highest BCUT2D eigenvalue weighted by atomic mass is 19.1. The van der Waals surface area contributed by atoms with Crippen LogP contribution in [0.3, 0.4) is 0 Å². The smallest absolute Gasteiger partial charge is 0.208 e. The van der Waals surface area contributed by atoms with E-state index in [2.05, 4.69) is 5.32 Å². The Labute approximate surface area is 107 Å². The van der Waals surface area contributed by atoms with Gasteiger partial charge in [-0.15, -0.1) is 0 Å². The number of aryl methyl sites for hydroxylation is 1. The highest BCUT2D eigenvalue weighted by molar-refractivity contribution is 5.29. The molecule has 1 aromatic rings. The zero-order valence-corrected chi connectivity index (χ0v) is 11.2. The van der Waals surface area contributed by atoms with Crippen LogP contribution in [0.25, 0.3) is 0 Å². The zero-order chi connectivity index (χ0) is 13.6. The van der Waals surface area contributed by atoms with Gasteiger partial charge >= 0.3 is 0 Å². The van der Waals surface area contributed by atoms with E-state index in [-0.39, 0.29) is 17.4 Å². The first-order valence-electron chi connectivity index (χ1n) is 6.15. The van der Waals surface area contributed by atoms with Gasteiger partial charge < -0.3 is 15.2 Å². The quantitative estimate of drug-likeness (QED) is 0.805. The predicted molar refractivity (Wildman–Crippen MR) is 67.7 cm³/mol. The molecule has 0 aliphatic carbocycles. The third kappa shape index (κ3) is 2.41. The molecule has 100 valence electrons. The van der Waals surface area contributed by atoms with Crippen LogP contribution in [0.1, 0.15) is 31.9 Å². The molecule has 0 amide bonds. The third-order valence-electron chi connectivity index (χ3n) is 3.30. The van der Waals surface area contributed by atoms with E-state index in [1.54, 1.807) is 13.0 Å². The molecule has 0 radical (unpaired) electrons. The van der Waals surface area contributed by atoms with Crippen molar-refractivity contribution in [3.05, 3.63) is 35.1 Å². The van der Waals surface area contributed by atoms with Crippen LogP contribution in [0.15, 0.2) is 18.2 Å². The number of hydrogen-bond acceptors (Lipinski definition) is 3. The fourth-order valence-electron chi connectivity index (χ4n) is 2.42. The Hall–Kier alpha value is -0.970. The normalized spacial score (nSPS) is 31.3. The van der Waals surface area contributed by atoms with Crippen molar-refractivity contribution in [1.29, 1.82) is 0 Å². The minimum absolute atomic E-state index is 0.200. The average Bonchev–Trinajstić information content (AvgIpc) is 2.22. The van der Waals surface area contributed by atoms with E-state index in [4.69, 9.17) is 4.74 Å². The summed E-state index contributed by atoms with van der Waals surface area (Å²) >= 11 is 0. The Balaban J connectivity index is 2.36. The lowest BCUT2D eigenvalue weighted by Gasteiger charge is -2.46. The number of nitrogens with one attached hydrogen (secondary N) is 1. The molecule has 0 saturated carbocycles. The molecule has 2 unspecified atom stereocenters. The predicted octanol–water partition coefficient (Wildman–Crippen LogP) is 2.07. The highest BCUT2D eigenvalue weighted by Crippen LogP contribution is 2.33. The fourth-order valence-corrected chi connectivity index (χ4v) is 2.42. The Morgan fingerprint density at radius 2 is 2.06 bits per heavy atom. The van der Waals surface area contributed by atoms with Crippen LogP contribution >= 0.6 is 0 Å². The summed E-state index contributed by atoms with van der Waals surface area (Å²) in [6, 6.07) is 4.18. The summed E-state index contributed by atoms with van der Waals surface area (Å²) in [5.74, 6) is -1.85.